The summed E-state index contributed by atoms with van der Waals surface area (Å²) < 4.78 is 2.12. The van der Waals surface area contributed by atoms with Crippen molar-refractivity contribution in [2.75, 3.05) is 5.32 Å². The van der Waals surface area contributed by atoms with Gasteiger partial charge in [-0.1, -0.05) is 50.1 Å². The molecular weight excluding hydrogens is 450 g/mol. The van der Waals surface area contributed by atoms with E-state index in [2.05, 4.69) is 25.4 Å². The number of anilines is 1. The Kier molecular flexibility index (Phi) is 7.32. The van der Waals surface area contributed by atoms with Crippen LogP contribution in [0, 0.1) is 12.8 Å². The molecule has 8 heteroatoms. The molecule has 0 radical (unpaired) electrons. The van der Waals surface area contributed by atoms with Crippen molar-refractivity contribution in [3.8, 4) is 11.4 Å². The molecule has 1 aliphatic heterocycles. The van der Waals surface area contributed by atoms with Crippen LogP contribution in [0.2, 0.25) is 5.02 Å². The Morgan fingerprint density at radius 1 is 1.06 bits per heavy atom. The molecule has 178 valence electrons. The maximum absolute atomic E-state index is 13.2. The highest BCUT2D eigenvalue weighted by Gasteiger charge is 2.26. The minimum Gasteiger partial charge on any atom is -0.340 e. The van der Waals surface area contributed by atoms with Gasteiger partial charge in [0.15, 0.2) is 5.82 Å². The molecule has 1 unspecified atom stereocenters. The first-order chi connectivity index (χ1) is 16.3. The summed E-state index contributed by atoms with van der Waals surface area (Å²) >= 11 is 6.52. The van der Waals surface area contributed by atoms with Crippen molar-refractivity contribution in [3.63, 3.8) is 0 Å². The van der Waals surface area contributed by atoms with Gasteiger partial charge in [0.2, 0.25) is 5.91 Å². The molecule has 2 aromatic carbocycles. The predicted octanol–water partition coefficient (Wildman–Crippen LogP) is 5.03. The largest absolute Gasteiger partial charge is 0.340 e. The second-order valence-corrected chi connectivity index (χ2v) is 9.50. The lowest BCUT2D eigenvalue weighted by molar-refractivity contribution is -0.118. The lowest BCUT2D eigenvalue weighted by Crippen LogP contribution is -2.47. The number of rotatable bonds is 6. The second-order valence-electron chi connectivity index (χ2n) is 9.10. The first-order valence-corrected chi connectivity index (χ1v) is 12.1. The van der Waals surface area contributed by atoms with Crippen molar-refractivity contribution in [1.82, 2.24) is 20.1 Å². The van der Waals surface area contributed by atoms with Gasteiger partial charge in [0.25, 0.3) is 5.91 Å². The smallest absolute Gasteiger partial charge is 0.252 e. The summed E-state index contributed by atoms with van der Waals surface area (Å²) in [6, 6.07) is 12.0. The third kappa shape index (κ3) is 5.14. The van der Waals surface area contributed by atoms with Crippen LogP contribution in [0.5, 0.6) is 0 Å². The van der Waals surface area contributed by atoms with E-state index in [9.17, 15) is 9.59 Å². The van der Waals surface area contributed by atoms with Crippen LogP contribution in [-0.2, 0) is 17.8 Å². The number of aromatic nitrogens is 3. The number of nitrogens with one attached hydrogen (secondary N) is 2. The molecule has 1 atom stereocenters. The average molecular weight is 480 g/mol. The van der Waals surface area contributed by atoms with Crippen molar-refractivity contribution in [2.24, 2.45) is 5.92 Å². The molecular formula is C26H30ClN5O2. The number of amides is 2. The van der Waals surface area contributed by atoms with E-state index in [1.165, 1.54) is 0 Å². The normalized spacial score (nSPS) is 14.3. The maximum Gasteiger partial charge on any atom is 0.252 e. The molecule has 1 aromatic heterocycles. The van der Waals surface area contributed by atoms with Crippen LogP contribution in [0.1, 0.15) is 54.9 Å². The van der Waals surface area contributed by atoms with E-state index in [0.29, 0.717) is 22.1 Å². The van der Waals surface area contributed by atoms with E-state index in [4.69, 9.17) is 11.6 Å². The third-order valence-corrected chi connectivity index (χ3v) is 6.54. The number of fused-ring (bicyclic) bond motifs is 1. The Hall–Kier alpha value is -3.19. The van der Waals surface area contributed by atoms with Crippen molar-refractivity contribution in [2.45, 2.75) is 59.0 Å². The second kappa shape index (κ2) is 10.4. The van der Waals surface area contributed by atoms with Gasteiger partial charge in [-0.15, -0.1) is 10.2 Å². The van der Waals surface area contributed by atoms with E-state index in [0.717, 1.165) is 49.2 Å². The lowest BCUT2D eigenvalue weighted by Gasteiger charge is -2.22. The molecule has 0 bridgehead atoms. The van der Waals surface area contributed by atoms with Gasteiger partial charge >= 0.3 is 0 Å². The van der Waals surface area contributed by atoms with Crippen LogP contribution in [0.4, 0.5) is 5.69 Å². The molecule has 2 N–H and O–H groups in total. The summed E-state index contributed by atoms with van der Waals surface area (Å²) in [5, 5.41) is 15.1. The molecule has 7 nitrogen and oxygen atoms in total. The van der Waals surface area contributed by atoms with E-state index in [1.54, 1.807) is 18.2 Å². The standard InChI is InChI=1S/C26H30ClN5O2/c1-16(2)23(29-25(33)19-10-7-6-9-17(19)3)26(34)28-18-12-13-21(27)20(15-18)24-31-30-22-11-5-4-8-14-32(22)24/h6-7,9-10,12-13,15-16,23H,4-5,8,11,14H2,1-3H3,(H,28,34)(H,29,33). The Morgan fingerprint density at radius 3 is 2.62 bits per heavy atom. The van der Waals surface area contributed by atoms with Crippen LogP contribution in [0.3, 0.4) is 0 Å². The average Bonchev–Trinajstić information content (AvgIpc) is 3.06. The molecule has 3 aromatic rings. The number of hydrogen-bond donors (Lipinski definition) is 2. The van der Waals surface area contributed by atoms with Gasteiger partial charge in [-0.2, -0.15) is 0 Å². The molecule has 0 fully saturated rings. The summed E-state index contributed by atoms with van der Waals surface area (Å²) in [5.41, 5.74) is 2.73. The maximum atomic E-state index is 13.2. The minimum atomic E-state index is -0.699. The Balaban J connectivity index is 1.55. The molecule has 0 saturated carbocycles. The molecule has 2 amide bonds. The van der Waals surface area contributed by atoms with E-state index in [-0.39, 0.29) is 17.7 Å². The zero-order chi connectivity index (χ0) is 24.2. The van der Waals surface area contributed by atoms with Gasteiger partial charge in [-0.25, -0.2) is 0 Å². The van der Waals surface area contributed by atoms with Crippen LogP contribution in [0.25, 0.3) is 11.4 Å². The summed E-state index contributed by atoms with van der Waals surface area (Å²) in [4.78, 5) is 26.0. The number of aryl methyl sites for hydroxylation is 2. The third-order valence-electron chi connectivity index (χ3n) is 6.21. The van der Waals surface area contributed by atoms with Crippen molar-refractivity contribution in [3.05, 3.63) is 64.4 Å². The van der Waals surface area contributed by atoms with Crippen molar-refractivity contribution < 1.29 is 9.59 Å². The highest BCUT2D eigenvalue weighted by Crippen LogP contribution is 2.31. The highest BCUT2D eigenvalue weighted by molar-refractivity contribution is 6.33. The first kappa shape index (κ1) is 24.0. The Morgan fingerprint density at radius 2 is 1.85 bits per heavy atom. The van der Waals surface area contributed by atoms with Gasteiger partial charge in [-0.05, 0) is 55.5 Å². The molecule has 4 rings (SSSR count). The number of carbonyl (C=O) groups is 2. The monoisotopic (exact) mass is 479 g/mol. The fraction of sp³-hybridized carbons (Fsp3) is 0.385. The predicted molar refractivity (Wildman–Crippen MR) is 134 cm³/mol. The van der Waals surface area contributed by atoms with Gasteiger partial charge in [0, 0.05) is 29.8 Å². The molecule has 0 spiro atoms. The molecule has 34 heavy (non-hydrogen) atoms. The number of benzene rings is 2. The molecule has 0 saturated heterocycles. The Labute approximate surface area is 204 Å². The van der Waals surface area contributed by atoms with E-state index >= 15 is 0 Å². The highest BCUT2D eigenvalue weighted by atomic mass is 35.5. The molecule has 1 aliphatic rings. The molecule has 0 aliphatic carbocycles. The van der Waals surface area contributed by atoms with Crippen molar-refractivity contribution in [1.29, 1.82) is 0 Å². The first-order valence-electron chi connectivity index (χ1n) is 11.7. The fourth-order valence-electron chi connectivity index (χ4n) is 4.26. The number of halogens is 1. The zero-order valence-electron chi connectivity index (χ0n) is 19.8. The van der Waals surface area contributed by atoms with Gasteiger partial charge < -0.3 is 15.2 Å². The van der Waals surface area contributed by atoms with E-state index in [1.807, 2.05) is 45.0 Å². The zero-order valence-corrected chi connectivity index (χ0v) is 20.5. The van der Waals surface area contributed by atoms with Crippen LogP contribution in [-0.4, -0.2) is 32.6 Å². The Bertz CT molecular complexity index is 1200. The SMILES string of the molecule is Cc1ccccc1C(=O)NC(C(=O)Nc1ccc(Cl)c(-c2nnc3n2CCCCC3)c1)C(C)C. The van der Waals surface area contributed by atoms with E-state index < -0.39 is 6.04 Å². The summed E-state index contributed by atoms with van der Waals surface area (Å²) in [6.45, 7) is 6.53. The van der Waals surface area contributed by atoms with Crippen LogP contribution in [0.15, 0.2) is 42.5 Å². The summed E-state index contributed by atoms with van der Waals surface area (Å²) in [7, 11) is 0. The topological polar surface area (TPSA) is 88.9 Å². The fourth-order valence-corrected chi connectivity index (χ4v) is 4.46. The minimum absolute atomic E-state index is 0.105. The lowest BCUT2D eigenvalue weighted by atomic mass is 10.0. The van der Waals surface area contributed by atoms with Gasteiger partial charge in [0.05, 0.1) is 5.02 Å². The summed E-state index contributed by atoms with van der Waals surface area (Å²) in [5.74, 6) is 1.02. The summed E-state index contributed by atoms with van der Waals surface area (Å²) in [6.07, 6.45) is 4.24. The van der Waals surface area contributed by atoms with Gasteiger partial charge in [-0.3, -0.25) is 9.59 Å². The van der Waals surface area contributed by atoms with Gasteiger partial charge in [0.1, 0.15) is 11.9 Å². The number of carbonyl (C=O) groups excluding carboxylic acids is 2. The van der Waals surface area contributed by atoms with Crippen LogP contribution >= 0.6 is 11.6 Å². The molecule has 2 heterocycles. The van der Waals surface area contributed by atoms with Crippen molar-refractivity contribution >= 4 is 29.1 Å². The number of nitrogens with zero attached hydrogens (tertiary/aromatic N) is 3. The number of hydrogen-bond acceptors (Lipinski definition) is 4. The quantitative estimate of drug-likeness (QED) is 0.519. The van der Waals surface area contributed by atoms with Crippen LogP contribution < -0.4 is 10.6 Å².